The summed E-state index contributed by atoms with van der Waals surface area (Å²) in [5.41, 5.74) is 0.574. The molecule has 1 saturated heterocycles. The van der Waals surface area contributed by atoms with Crippen molar-refractivity contribution in [2.24, 2.45) is 0 Å². The Balaban J connectivity index is 2.85. The van der Waals surface area contributed by atoms with Crippen LogP contribution in [0, 0.1) is 0 Å². The highest BCUT2D eigenvalue weighted by Gasteiger charge is 2.54. The molecule has 1 aliphatic rings. The number of nitrogens with zero attached hydrogens (tertiary/aromatic N) is 1. The first kappa shape index (κ1) is 11.2. The van der Waals surface area contributed by atoms with Crippen molar-refractivity contribution in [1.29, 1.82) is 0 Å². The molecule has 0 saturated carbocycles. The highest BCUT2D eigenvalue weighted by atomic mass is 28.4. The maximum absolute atomic E-state index is 5.68. The molecule has 1 unspecified atom stereocenters. The minimum absolute atomic E-state index is 0.525. The van der Waals surface area contributed by atoms with E-state index in [-0.39, 0.29) is 0 Å². The van der Waals surface area contributed by atoms with E-state index < -0.39 is 8.72 Å². The van der Waals surface area contributed by atoms with Crippen molar-refractivity contribution in [3.8, 4) is 0 Å². The van der Waals surface area contributed by atoms with Gasteiger partial charge >= 0.3 is 8.72 Å². The van der Waals surface area contributed by atoms with E-state index in [1.165, 1.54) is 6.42 Å². The topological polar surface area (TPSA) is 21.7 Å². The second-order valence-corrected chi connectivity index (χ2v) is 7.65. The fourth-order valence-electron chi connectivity index (χ4n) is 2.29. The molecule has 1 atom stereocenters. The van der Waals surface area contributed by atoms with Crippen LogP contribution in [0.1, 0.15) is 27.2 Å². The minimum Gasteiger partial charge on any atom is -0.386 e. The Morgan fingerprint density at radius 1 is 1.31 bits per heavy atom. The van der Waals surface area contributed by atoms with Crippen molar-refractivity contribution in [2.45, 2.75) is 38.8 Å². The number of hydrogen-bond acceptors (Lipinski definition) is 3. The zero-order valence-corrected chi connectivity index (χ0v) is 10.3. The first-order valence-corrected chi connectivity index (χ1v) is 6.79. The van der Waals surface area contributed by atoms with E-state index in [1.54, 1.807) is 14.2 Å². The molecule has 0 aromatic heterocycles. The monoisotopic (exact) mass is 203 g/mol. The third-order valence-corrected chi connectivity index (χ3v) is 7.28. The van der Waals surface area contributed by atoms with E-state index in [0.29, 0.717) is 11.6 Å². The van der Waals surface area contributed by atoms with Crippen molar-refractivity contribution in [3.63, 3.8) is 0 Å². The molecule has 1 fully saturated rings. The number of rotatable bonds is 3. The maximum Gasteiger partial charge on any atom is 0.430 e. The molecule has 1 aliphatic heterocycles. The van der Waals surface area contributed by atoms with Gasteiger partial charge in [-0.1, -0.05) is 20.8 Å². The van der Waals surface area contributed by atoms with E-state index >= 15 is 0 Å². The summed E-state index contributed by atoms with van der Waals surface area (Å²) >= 11 is 0. The molecule has 1 rings (SSSR count). The highest BCUT2D eigenvalue weighted by Crippen LogP contribution is 2.37. The van der Waals surface area contributed by atoms with E-state index in [9.17, 15) is 0 Å². The average Bonchev–Trinajstić information content (AvgIpc) is 2.43. The Morgan fingerprint density at radius 3 is 2.15 bits per heavy atom. The van der Waals surface area contributed by atoms with Crippen LogP contribution in [0.3, 0.4) is 0 Å². The standard InChI is InChI=1S/C9H21NO2Si/c1-8(2)10-7-6-9(3)13(10,11-4)12-5/h8-9H,6-7H2,1-5H3. The zero-order valence-electron chi connectivity index (χ0n) is 9.33. The fourth-order valence-corrected chi connectivity index (χ4v) is 5.95. The largest absolute Gasteiger partial charge is 0.430 e. The Kier molecular flexibility index (Phi) is 3.51. The summed E-state index contributed by atoms with van der Waals surface area (Å²) in [6.45, 7) is 7.77. The Morgan fingerprint density at radius 2 is 1.85 bits per heavy atom. The predicted molar refractivity (Wildman–Crippen MR) is 55.7 cm³/mol. The Labute approximate surface area is 82.3 Å². The van der Waals surface area contributed by atoms with Gasteiger partial charge in [-0.25, -0.2) is 0 Å². The van der Waals surface area contributed by atoms with Crippen LogP contribution in [-0.4, -0.2) is 40.1 Å². The molecule has 0 amide bonds. The van der Waals surface area contributed by atoms with Gasteiger partial charge in [0.05, 0.1) is 0 Å². The Hall–Kier alpha value is 0.0969. The molecule has 0 aromatic carbocycles. The van der Waals surface area contributed by atoms with Gasteiger partial charge in [-0.3, -0.25) is 4.57 Å². The lowest BCUT2D eigenvalue weighted by Crippen LogP contribution is -2.57. The van der Waals surface area contributed by atoms with Crippen molar-refractivity contribution in [2.75, 3.05) is 20.8 Å². The van der Waals surface area contributed by atoms with Gasteiger partial charge in [-0.2, -0.15) is 0 Å². The van der Waals surface area contributed by atoms with Crippen LogP contribution in [0.15, 0.2) is 0 Å². The summed E-state index contributed by atoms with van der Waals surface area (Å²) in [6.07, 6.45) is 1.20. The quantitative estimate of drug-likeness (QED) is 0.652. The van der Waals surface area contributed by atoms with Crippen LogP contribution in [0.2, 0.25) is 5.54 Å². The molecule has 78 valence electrons. The van der Waals surface area contributed by atoms with Crippen molar-refractivity contribution in [3.05, 3.63) is 0 Å². The normalized spacial score (nSPS) is 28.6. The molecule has 4 heteroatoms. The molecule has 3 nitrogen and oxygen atoms in total. The summed E-state index contributed by atoms with van der Waals surface area (Å²) in [6, 6.07) is 0.525. The molecule has 0 N–H and O–H groups in total. The van der Waals surface area contributed by atoms with Gasteiger partial charge in [-0.15, -0.1) is 0 Å². The summed E-state index contributed by atoms with van der Waals surface area (Å²) < 4.78 is 13.8. The third-order valence-electron chi connectivity index (χ3n) is 3.03. The van der Waals surface area contributed by atoms with Gasteiger partial charge in [0.2, 0.25) is 0 Å². The van der Waals surface area contributed by atoms with Crippen LogP contribution >= 0.6 is 0 Å². The summed E-state index contributed by atoms with van der Waals surface area (Å²) in [4.78, 5) is 0. The fraction of sp³-hybridized carbons (Fsp3) is 1.00. The Bertz CT molecular complexity index is 171. The van der Waals surface area contributed by atoms with Gasteiger partial charge in [0, 0.05) is 25.8 Å². The van der Waals surface area contributed by atoms with Crippen molar-refractivity contribution < 1.29 is 8.85 Å². The van der Waals surface area contributed by atoms with Gasteiger partial charge in [-0.05, 0) is 13.0 Å². The minimum atomic E-state index is -2.04. The molecule has 0 radical (unpaired) electrons. The molecule has 0 spiro atoms. The first-order chi connectivity index (χ1) is 6.08. The van der Waals surface area contributed by atoms with E-state index in [1.807, 2.05) is 0 Å². The van der Waals surface area contributed by atoms with Crippen LogP contribution in [-0.2, 0) is 8.85 Å². The summed E-state index contributed by atoms with van der Waals surface area (Å²) in [7, 11) is 1.53. The molecule has 13 heavy (non-hydrogen) atoms. The van der Waals surface area contributed by atoms with Crippen LogP contribution in [0.5, 0.6) is 0 Å². The molecule has 0 bridgehead atoms. The average molecular weight is 203 g/mol. The van der Waals surface area contributed by atoms with Gasteiger partial charge in [0.15, 0.2) is 0 Å². The van der Waals surface area contributed by atoms with Crippen molar-refractivity contribution >= 4 is 8.72 Å². The first-order valence-electron chi connectivity index (χ1n) is 4.95. The summed E-state index contributed by atoms with van der Waals surface area (Å²) in [5, 5.41) is 0. The molecular formula is C9H21NO2Si. The maximum atomic E-state index is 5.68. The van der Waals surface area contributed by atoms with Crippen LogP contribution in [0.4, 0.5) is 0 Å². The smallest absolute Gasteiger partial charge is 0.386 e. The van der Waals surface area contributed by atoms with Gasteiger partial charge in [0.25, 0.3) is 0 Å². The molecular weight excluding hydrogens is 182 g/mol. The lowest BCUT2D eigenvalue weighted by molar-refractivity contribution is 0.161. The SMILES string of the molecule is CO[Si]1(OC)C(C)CCN1C(C)C. The van der Waals surface area contributed by atoms with E-state index in [4.69, 9.17) is 8.85 Å². The lowest BCUT2D eigenvalue weighted by Gasteiger charge is -2.37. The lowest BCUT2D eigenvalue weighted by atomic mass is 10.3. The molecule has 1 heterocycles. The van der Waals surface area contributed by atoms with Crippen molar-refractivity contribution in [1.82, 2.24) is 4.57 Å². The zero-order chi connectivity index (χ0) is 10.1. The van der Waals surface area contributed by atoms with Crippen LogP contribution < -0.4 is 0 Å². The van der Waals surface area contributed by atoms with Gasteiger partial charge < -0.3 is 8.85 Å². The second-order valence-electron chi connectivity index (χ2n) is 4.02. The summed E-state index contributed by atoms with van der Waals surface area (Å²) in [5.74, 6) is 0. The van der Waals surface area contributed by atoms with Crippen LogP contribution in [0.25, 0.3) is 0 Å². The molecule has 0 aromatic rings. The van der Waals surface area contributed by atoms with Gasteiger partial charge in [0.1, 0.15) is 0 Å². The molecule has 0 aliphatic carbocycles. The predicted octanol–water partition coefficient (Wildman–Crippen LogP) is 1.72. The third kappa shape index (κ3) is 1.68. The van der Waals surface area contributed by atoms with E-state index in [2.05, 4.69) is 25.3 Å². The highest BCUT2D eigenvalue weighted by molar-refractivity contribution is 6.66. The second kappa shape index (κ2) is 4.08. The van der Waals surface area contributed by atoms with E-state index in [0.717, 1.165) is 6.54 Å². The number of hydrogen-bond donors (Lipinski definition) is 0.